The van der Waals surface area contributed by atoms with Crippen LogP contribution in [-0.4, -0.2) is 25.1 Å². The first-order valence-electron chi connectivity index (χ1n) is 7.53. The highest BCUT2D eigenvalue weighted by atomic mass is 15.2. The number of hydrogen-bond acceptors (Lipinski definition) is 5. The zero-order valence-corrected chi connectivity index (χ0v) is 12.7. The van der Waals surface area contributed by atoms with Crippen LogP contribution in [0, 0.1) is 0 Å². The van der Waals surface area contributed by atoms with Crippen molar-refractivity contribution in [2.24, 2.45) is 0 Å². The van der Waals surface area contributed by atoms with Crippen LogP contribution in [0.15, 0.2) is 79.4 Å². The molecule has 4 rings (SSSR count). The molecule has 5 nitrogen and oxygen atoms in total. The van der Waals surface area contributed by atoms with Gasteiger partial charge in [0.1, 0.15) is 11.4 Å². The lowest BCUT2D eigenvalue weighted by atomic mass is 10.1. The number of aromatic nitrogens is 5. The Morgan fingerprint density at radius 3 is 1.88 bits per heavy atom. The van der Waals surface area contributed by atoms with Crippen LogP contribution in [0.25, 0.3) is 33.9 Å². The molecule has 1 aromatic carbocycles. The minimum Gasteiger partial charge on any atom is -0.264 e. The van der Waals surface area contributed by atoms with Gasteiger partial charge in [0.15, 0.2) is 5.82 Å². The summed E-state index contributed by atoms with van der Waals surface area (Å²) in [7, 11) is 0. The Bertz CT molecular complexity index is 941. The minimum absolute atomic E-state index is 0.551. The molecule has 0 saturated heterocycles. The molecule has 5 heteroatoms. The van der Waals surface area contributed by atoms with Gasteiger partial charge in [0.05, 0.1) is 0 Å². The monoisotopic (exact) mass is 311 g/mol. The van der Waals surface area contributed by atoms with Crippen LogP contribution < -0.4 is 0 Å². The third-order valence-corrected chi connectivity index (χ3v) is 3.59. The third kappa shape index (κ3) is 2.75. The van der Waals surface area contributed by atoms with Crippen LogP contribution in [0.5, 0.6) is 0 Å². The zero-order chi connectivity index (χ0) is 16.2. The Kier molecular flexibility index (Phi) is 3.73. The standard InChI is InChI=1S/C19H13N5/c1-2-6-14(7-3-1)17-18(15-8-4-10-20-12-15)23-24-19(22-17)16-9-5-11-21-13-16/h1-13H. The molecule has 4 aromatic rings. The van der Waals surface area contributed by atoms with E-state index in [1.165, 1.54) is 0 Å². The first kappa shape index (κ1) is 14.1. The van der Waals surface area contributed by atoms with E-state index in [-0.39, 0.29) is 0 Å². The Morgan fingerprint density at radius 2 is 1.21 bits per heavy atom. The zero-order valence-electron chi connectivity index (χ0n) is 12.7. The summed E-state index contributed by atoms with van der Waals surface area (Å²) in [5.74, 6) is 0.551. The topological polar surface area (TPSA) is 64.5 Å². The van der Waals surface area contributed by atoms with E-state index in [1.807, 2.05) is 54.6 Å². The Morgan fingerprint density at radius 1 is 0.542 bits per heavy atom. The second-order valence-corrected chi connectivity index (χ2v) is 5.18. The fraction of sp³-hybridized carbons (Fsp3) is 0. The van der Waals surface area contributed by atoms with E-state index in [0.717, 1.165) is 22.4 Å². The summed E-state index contributed by atoms with van der Waals surface area (Å²) in [5, 5.41) is 8.70. The Labute approximate surface area is 139 Å². The highest BCUT2D eigenvalue weighted by Crippen LogP contribution is 2.29. The molecule has 0 unspecified atom stereocenters. The molecule has 0 bridgehead atoms. The normalized spacial score (nSPS) is 10.5. The molecule has 0 amide bonds. The van der Waals surface area contributed by atoms with E-state index in [1.54, 1.807) is 24.8 Å². The second kappa shape index (κ2) is 6.34. The van der Waals surface area contributed by atoms with Crippen LogP contribution >= 0.6 is 0 Å². The quantitative estimate of drug-likeness (QED) is 0.577. The number of hydrogen-bond donors (Lipinski definition) is 0. The average molecular weight is 311 g/mol. The van der Waals surface area contributed by atoms with Crippen molar-refractivity contribution in [3.63, 3.8) is 0 Å². The molecular formula is C19H13N5. The summed E-state index contributed by atoms with van der Waals surface area (Å²) >= 11 is 0. The molecule has 114 valence electrons. The SMILES string of the molecule is c1ccc(-c2nc(-c3cccnc3)nnc2-c2cccnc2)cc1. The van der Waals surface area contributed by atoms with Crippen LogP contribution in [0.2, 0.25) is 0 Å². The van der Waals surface area contributed by atoms with Gasteiger partial charge < -0.3 is 0 Å². The lowest BCUT2D eigenvalue weighted by Gasteiger charge is -2.09. The molecule has 0 saturated carbocycles. The van der Waals surface area contributed by atoms with Crippen LogP contribution in [-0.2, 0) is 0 Å². The van der Waals surface area contributed by atoms with E-state index < -0.39 is 0 Å². The summed E-state index contributed by atoms with van der Waals surface area (Å²) in [6.07, 6.45) is 6.95. The summed E-state index contributed by atoms with van der Waals surface area (Å²) in [6.45, 7) is 0. The summed E-state index contributed by atoms with van der Waals surface area (Å²) in [5.41, 5.74) is 4.18. The van der Waals surface area contributed by atoms with E-state index in [0.29, 0.717) is 11.5 Å². The van der Waals surface area contributed by atoms with Crippen molar-refractivity contribution in [1.29, 1.82) is 0 Å². The number of nitrogens with zero attached hydrogens (tertiary/aromatic N) is 5. The molecule has 0 aliphatic rings. The van der Waals surface area contributed by atoms with E-state index in [4.69, 9.17) is 4.98 Å². The molecule has 0 radical (unpaired) electrons. The predicted octanol–water partition coefficient (Wildman–Crippen LogP) is 3.66. The molecule has 0 atom stereocenters. The van der Waals surface area contributed by atoms with Gasteiger partial charge in [-0.2, -0.15) is 0 Å². The molecule has 0 aliphatic heterocycles. The smallest absolute Gasteiger partial charge is 0.183 e. The van der Waals surface area contributed by atoms with Crippen molar-refractivity contribution in [2.45, 2.75) is 0 Å². The molecule has 3 heterocycles. The van der Waals surface area contributed by atoms with Gasteiger partial charge in [-0.1, -0.05) is 30.3 Å². The van der Waals surface area contributed by atoms with Crippen LogP contribution in [0.1, 0.15) is 0 Å². The van der Waals surface area contributed by atoms with Gasteiger partial charge in [0, 0.05) is 41.5 Å². The number of pyridine rings is 2. The largest absolute Gasteiger partial charge is 0.264 e. The summed E-state index contributed by atoms with van der Waals surface area (Å²) < 4.78 is 0. The lowest BCUT2D eigenvalue weighted by molar-refractivity contribution is 0.988. The average Bonchev–Trinajstić information content (AvgIpc) is 2.69. The molecule has 24 heavy (non-hydrogen) atoms. The van der Waals surface area contributed by atoms with Gasteiger partial charge in [-0.15, -0.1) is 10.2 Å². The molecule has 0 aliphatic carbocycles. The van der Waals surface area contributed by atoms with Crippen molar-refractivity contribution >= 4 is 0 Å². The van der Waals surface area contributed by atoms with Gasteiger partial charge in [-0.25, -0.2) is 4.98 Å². The summed E-state index contributed by atoms with van der Waals surface area (Å²) in [4.78, 5) is 13.0. The van der Waals surface area contributed by atoms with Gasteiger partial charge in [-0.05, 0) is 24.3 Å². The van der Waals surface area contributed by atoms with Crippen molar-refractivity contribution in [1.82, 2.24) is 25.1 Å². The van der Waals surface area contributed by atoms with Gasteiger partial charge >= 0.3 is 0 Å². The first-order chi connectivity index (χ1) is 11.9. The fourth-order valence-electron chi connectivity index (χ4n) is 2.44. The van der Waals surface area contributed by atoms with E-state index in [9.17, 15) is 0 Å². The third-order valence-electron chi connectivity index (χ3n) is 3.59. The van der Waals surface area contributed by atoms with Crippen LogP contribution in [0.4, 0.5) is 0 Å². The molecular weight excluding hydrogens is 298 g/mol. The van der Waals surface area contributed by atoms with Crippen molar-refractivity contribution in [3.05, 3.63) is 79.4 Å². The second-order valence-electron chi connectivity index (χ2n) is 5.18. The maximum Gasteiger partial charge on any atom is 0.183 e. The van der Waals surface area contributed by atoms with Gasteiger partial charge in [-0.3, -0.25) is 9.97 Å². The maximum absolute atomic E-state index is 4.75. The minimum atomic E-state index is 0.551. The highest BCUT2D eigenvalue weighted by molar-refractivity contribution is 5.78. The van der Waals surface area contributed by atoms with Gasteiger partial charge in [0.2, 0.25) is 0 Å². The van der Waals surface area contributed by atoms with E-state index >= 15 is 0 Å². The van der Waals surface area contributed by atoms with Crippen LogP contribution in [0.3, 0.4) is 0 Å². The highest BCUT2D eigenvalue weighted by Gasteiger charge is 2.14. The van der Waals surface area contributed by atoms with Crippen molar-refractivity contribution in [3.8, 4) is 33.9 Å². The van der Waals surface area contributed by atoms with E-state index in [2.05, 4.69) is 20.2 Å². The molecule has 3 aromatic heterocycles. The molecule has 0 spiro atoms. The lowest BCUT2D eigenvalue weighted by Crippen LogP contribution is -2.00. The summed E-state index contributed by atoms with van der Waals surface area (Å²) in [6, 6.07) is 17.6. The number of benzene rings is 1. The first-order valence-corrected chi connectivity index (χ1v) is 7.53. The maximum atomic E-state index is 4.75. The fourth-order valence-corrected chi connectivity index (χ4v) is 2.44. The molecule has 0 N–H and O–H groups in total. The van der Waals surface area contributed by atoms with Gasteiger partial charge in [0.25, 0.3) is 0 Å². The van der Waals surface area contributed by atoms with Crippen molar-refractivity contribution < 1.29 is 0 Å². The molecule has 0 fully saturated rings. The Balaban J connectivity index is 1.92. The predicted molar refractivity (Wildman–Crippen MR) is 91.7 cm³/mol. The van der Waals surface area contributed by atoms with Crippen molar-refractivity contribution in [2.75, 3.05) is 0 Å². The Hall–Kier alpha value is -3.47. The number of rotatable bonds is 3.